The number of hydrogen-bond donors (Lipinski definition) is 2. The predicted octanol–water partition coefficient (Wildman–Crippen LogP) is 0.836. The first-order valence-electron chi connectivity index (χ1n) is 12.4. The third-order valence-corrected chi connectivity index (χ3v) is 6.93. The highest BCUT2D eigenvalue weighted by Gasteiger charge is 2.51. The molecule has 1 unspecified atom stereocenters. The van der Waals surface area contributed by atoms with Crippen LogP contribution in [0.1, 0.15) is 17.5 Å². The molecule has 206 valence electrons. The van der Waals surface area contributed by atoms with Crippen molar-refractivity contribution in [1.29, 1.82) is 0 Å². The lowest BCUT2D eigenvalue weighted by Crippen LogP contribution is -2.76. The Kier molecular flexibility index (Phi) is 7.15. The Morgan fingerprint density at radius 1 is 1.08 bits per heavy atom. The molecule has 5 rings (SSSR count). The van der Waals surface area contributed by atoms with Gasteiger partial charge in [-0.05, 0) is 35.4 Å². The van der Waals surface area contributed by atoms with Crippen LogP contribution in [0.5, 0.6) is 17.2 Å². The molecule has 2 aromatic carbocycles. The molecule has 2 N–H and O–H groups in total. The number of carboxylic acid groups (broad SMARTS) is 1. The summed E-state index contributed by atoms with van der Waals surface area (Å²) in [5, 5.41) is 15.3. The molecule has 3 aliphatic heterocycles. The number of fused-ring (bicyclic) bond motifs is 2. The summed E-state index contributed by atoms with van der Waals surface area (Å²) < 4.78 is 16.0. The van der Waals surface area contributed by atoms with E-state index in [0.717, 1.165) is 11.1 Å². The van der Waals surface area contributed by atoms with Crippen molar-refractivity contribution in [3.05, 3.63) is 53.6 Å². The summed E-state index contributed by atoms with van der Waals surface area (Å²) >= 11 is 0. The van der Waals surface area contributed by atoms with Gasteiger partial charge in [0.25, 0.3) is 0 Å². The molecule has 0 radical (unpaired) electrons. The fourth-order valence-corrected chi connectivity index (χ4v) is 5.07. The highest BCUT2D eigenvalue weighted by molar-refractivity contribution is 5.93. The Hall–Kier alpha value is -4.52. The first-order chi connectivity index (χ1) is 18.7. The van der Waals surface area contributed by atoms with Crippen LogP contribution in [0.4, 0.5) is 4.79 Å². The zero-order chi connectivity index (χ0) is 27.7. The molecule has 2 atom stereocenters. The van der Waals surface area contributed by atoms with Crippen LogP contribution in [-0.4, -0.2) is 95.0 Å². The van der Waals surface area contributed by atoms with Gasteiger partial charge < -0.3 is 34.4 Å². The standard InChI is InChI=1S/C26H29N5O8/c1-28-14-23(32)30-19(10-24(33)34)25(35)29(12-17-5-8-20-21(9-17)39-15-38-20)13-22(30)31(28)26(36)27-11-16-3-6-18(37-2)7-4-16/h3-9,19,22H,10-15H2,1-2H3,(H,27,36)(H,33,34)/t19?,22-/m0/s1. The number of methoxy groups -OCH3 is 1. The quantitative estimate of drug-likeness (QED) is 0.524. The molecule has 0 aromatic heterocycles. The molecule has 2 saturated heterocycles. The fourth-order valence-electron chi connectivity index (χ4n) is 5.07. The second-order valence-electron chi connectivity index (χ2n) is 9.47. The summed E-state index contributed by atoms with van der Waals surface area (Å²) in [6, 6.07) is 10.8. The van der Waals surface area contributed by atoms with Crippen molar-refractivity contribution in [3.63, 3.8) is 0 Å². The topological polar surface area (TPSA) is 141 Å². The lowest BCUT2D eigenvalue weighted by atomic mass is 10.0. The third kappa shape index (κ3) is 5.25. The molecule has 0 aliphatic carbocycles. The van der Waals surface area contributed by atoms with Gasteiger partial charge in [-0.1, -0.05) is 18.2 Å². The molecule has 0 saturated carbocycles. The SMILES string of the molecule is COc1ccc(CNC(=O)N2[C@H]3CN(Cc4ccc5c(c4)OCO5)C(=O)C(CC(=O)O)N3C(=O)CN2C)cc1. The van der Waals surface area contributed by atoms with Crippen molar-refractivity contribution in [3.8, 4) is 17.2 Å². The van der Waals surface area contributed by atoms with Gasteiger partial charge in [-0.2, -0.15) is 0 Å². The highest BCUT2D eigenvalue weighted by Crippen LogP contribution is 2.34. The van der Waals surface area contributed by atoms with Gasteiger partial charge in [0.2, 0.25) is 18.6 Å². The van der Waals surface area contributed by atoms with Crippen LogP contribution >= 0.6 is 0 Å². The number of amides is 4. The van der Waals surface area contributed by atoms with Gasteiger partial charge in [0.1, 0.15) is 18.0 Å². The van der Waals surface area contributed by atoms with E-state index >= 15 is 0 Å². The molecule has 4 amide bonds. The molecule has 0 spiro atoms. The van der Waals surface area contributed by atoms with Crippen LogP contribution < -0.4 is 19.5 Å². The van der Waals surface area contributed by atoms with Crippen molar-refractivity contribution >= 4 is 23.8 Å². The van der Waals surface area contributed by atoms with E-state index in [-0.39, 0.29) is 33.0 Å². The van der Waals surface area contributed by atoms with Crippen molar-refractivity contribution in [1.82, 2.24) is 25.1 Å². The number of urea groups is 1. The van der Waals surface area contributed by atoms with Crippen LogP contribution in [0.3, 0.4) is 0 Å². The first kappa shape index (κ1) is 26.1. The molecular formula is C26H29N5O8. The second-order valence-corrected chi connectivity index (χ2v) is 9.47. The summed E-state index contributed by atoms with van der Waals surface area (Å²) in [7, 11) is 3.17. The van der Waals surface area contributed by atoms with Crippen LogP contribution in [-0.2, 0) is 27.5 Å². The molecule has 3 heterocycles. The second kappa shape index (κ2) is 10.7. The molecular weight excluding hydrogens is 510 g/mol. The van der Waals surface area contributed by atoms with Gasteiger partial charge in [0.15, 0.2) is 11.5 Å². The number of ether oxygens (including phenoxy) is 3. The average Bonchev–Trinajstić information content (AvgIpc) is 3.37. The molecule has 2 aromatic rings. The zero-order valence-corrected chi connectivity index (χ0v) is 21.5. The van der Waals surface area contributed by atoms with E-state index in [9.17, 15) is 24.3 Å². The number of rotatable bonds is 7. The summed E-state index contributed by atoms with van der Waals surface area (Å²) in [4.78, 5) is 54.4. The monoisotopic (exact) mass is 539 g/mol. The Balaban J connectivity index is 1.39. The Labute approximate surface area is 224 Å². The van der Waals surface area contributed by atoms with Crippen LogP contribution in [0.2, 0.25) is 0 Å². The van der Waals surface area contributed by atoms with Crippen LogP contribution in [0.15, 0.2) is 42.5 Å². The van der Waals surface area contributed by atoms with E-state index in [1.165, 1.54) is 19.8 Å². The minimum atomic E-state index is -1.26. The summed E-state index contributed by atoms with van der Waals surface area (Å²) in [5.74, 6) is -0.314. The van der Waals surface area contributed by atoms with Gasteiger partial charge in [0.05, 0.1) is 26.6 Å². The smallest absolute Gasteiger partial charge is 0.334 e. The molecule has 2 fully saturated rings. The Morgan fingerprint density at radius 2 is 1.79 bits per heavy atom. The van der Waals surface area contributed by atoms with Gasteiger partial charge in [0, 0.05) is 20.1 Å². The lowest BCUT2D eigenvalue weighted by Gasteiger charge is -2.54. The van der Waals surface area contributed by atoms with Crippen LogP contribution in [0, 0.1) is 0 Å². The van der Waals surface area contributed by atoms with E-state index in [0.29, 0.717) is 17.2 Å². The third-order valence-electron chi connectivity index (χ3n) is 6.93. The largest absolute Gasteiger partial charge is 0.497 e. The zero-order valence-electron chi connectivity index (χ0n) is 21.5. The van der Waals surface area contributed by atoms with Gasteiger partial charge in [-0.3, -0.25) is 14.4 Å². The van der Waals surface area contributed by atoms with Crippen molar-refractivity contribution in [2.24, 2.45) is 0 Å². The van der Waals surface area contributed by atoms with Crippen molar-refractivity contribution in [2.45, 2.75) is 31.7 Å². The maximum absolute atomic E-state index is 13.5. The number of nitrogens with one attached hydrogen (secondary N) is 1. The molecule has 39 heavy (non-hydrogen) atoms. The minimum absolute atomic E-state index is 0.00453. The van der Waals surface area contributed by atoms with Crippen molar-refractivity contribution < 1.29 is 38.5 Å². The van der Waals surface area contributed by atoms with Gasteiger partial charge in [-0.15, -0.1) is 0 Å². The normalized spacial score (nSPS) is 20.6. The number of benzene rings is 2. The first-order valence-corrected chi connectivity index (χ1v) is 12.4. The lowest BCUT2D eigenvalue weighted by molar-refractivity contribution is -0.189. The van der Waals surface area contributed by atoms with E-state index in [4.69, 9.17) is 14.2 Å². The molecule has 0 bridgehead atoms. The highest BCUT2D eigenvalue weighted by atomic mass is 16.7. The van der Waals surface area contributed by atoms with E-state index in [1.54, 1.807) is 44.5 Å². The molecule has 13 heteroatoms. The maximum Gasteiger partial charge on any atom is 0.334 e. The Morgan fingerprint density at radius 3 is 2.51 bits per heavy atom. The van der Waals surface area contributed by atoms with E-state index in [2.05, 4.69) is 5.32 Å². The number of carbonyl (C=O) groups is 4. The number of nitrogens with zero attached hydrogens (tertiary/aromatic N) is 4. The summed E-state index contributed by atoms with van der Waals surface area (Å²) in [6.07, 6.45) is -1.48. The van der Waals surface area contributed by atoms with E-state index < -0.39 is 42.4 Å². The summed E-state index contributed by atoms with van der Waals surface area (Å²) in [5.41, 5.74) is 1.57. The van der Waals surface area contributed by atoms with Crippen LogP contribution in [0.25, 0.3) is 0 Å². The minimum Gasteiger partial charge on any atom is -0.497 e. The van der Waals surface area contributed by atoms with Crippen molar-refractivity contribution in [2.75, 3.05) is 34.0 Å². The number of carboxylic acids is 1. The number of hydrogen-bond acceptors (Lipinski definition) is 8. The number of carbonyl (C=O) groups excluding carboxylic acids is 3. The van der Waals surface area contributed by atoms with Gasteiger partial charge in [-0.25, -0.2) is 14.8 Å². The van der Waals surface area contributed by atoms with Gasteiger partial charge >= 0.3 is 12.0 Å². The molecule has 13 nitrogen and oxygen atoms in total. The number of likely N-dealkylation sites (N-methyl/N-ethyl adjacent to an activating group) is 1. The number of hydrazine groups is 1. The summed E-state index contributed by atoms with van der Waals surface area (Å²) in [6.45, 7) is 0.267. The fraction of sp³-hybridized carbons (Fsp3) is 0.385. The molecule has 3 aliphatic rings. The Bertz CT molecular complexity index is 1290. The van der Waals surface area contributed by atoms with E-state index in [1.807, 2.05) is 12.1 Å². The number of piperazine rings is 1. The maximum atomic E-state index is 13.5. The average molecular weight is 540 g/mol. The number of aliphatic carboxylic acids is 1. The predicted molar refractivity (Wildman–Crippen MR) is 134 cm³/mol.